The molecule has 0 aromatic heterocycles. The molecular weight excluding hydrogens is 472 g/mol. The molecule has 9 nitrogen and oxygen atoms in total. The van der Waals surface area contributed by atoms with Crippen molar-refractivity contribution in [1.29, 1.82) is 0 Å². The molecule has 35 heavy (non-hydrogen) atoms. The van der Waals surface area contributed by atoms with E-state index in [0.29, 0.717) is 47.2 Å². The number of cyclic esters (lactones) is 1. The van der Waals surface area contributed by atoms with Crippen molar-refractivity contribution >= 4 is 33.3 Å². The molecule has 0 saturated heterocycles. The number of amides is 1. The third kappa shape index (κ3) is 4.92. The number of nitrogens with one attached hydrogen (secondary N) is 2. The van der Waals surface area contributed by atoms with E-state index in [-0.39, 0.29) is 17.2 Å². The van der Waals surface area contributed by atoms with Crippen molar-refractivity contribution in [2.75, 3.05) is 23.3 Å². The molecule has 2 aliphatic heterocycles. The monoisotopic (exact) mass is 494 g/mol. The summed E-state index contributed by atoms with van der Waals surface area (Å²) in [5.41, 5.74) is 1.96. The van der Waals surface area contributed by atoms with Crippen molar-refractivity contribution in [2.45, 2.75) is 23.8 Å². The van der Waals surface area contributed by atoms with Crippen LogP contribution >= 0.6 is 0 Å². The van der Waals surface area contributed by atoms with Gasteiger partial charge in [0.15, 0.2) is 11.5 Å². The summed E-state index contributed by atoms with van der Waals surface area (Å²) in [4.78, 5) is 24.5. The average molecular weight is 495 g/mol. The molecule has 180 valence electrons. The maximum atomic E-state index is 12.8. The summed E-state index contributed by atoms with van der Waals surface area (Å²) < 4.78 is 44.6. The summed E-state index contributed by atoms with van der Waals surface area (Å²) in [6.07, 6.45) is 0.0539. The number of esters is 1. The van der Waals surface area contributed by atoms with Crippen LogP contribution < -0.4 is 19.5 Å². The van der Waals surface area contributed by atoms with Crippen LogP contribution in [0.2, 0.25) is 0 Å². The summed E-state index contributed by atoms with van der Waals surface area (Å²) in [7, 11) is -3.87. The van der Waals surface area contributed by atoms with Crippen molar-refractivity contribution < 1.29 is 32.2 Å². The van der Waals surface area contributed by atoms with Crippen molar-refractivity contribution in [2.24, 2.45) is 0 Å². The van der Waals surface area contributed by atoms with E-state index < -0.39 is 22.1 Å². The predicted octanol–water partition coefficient (Wildman–Crippen LogP) is 3.89. The lowest BCUT2D eigenvalue weighted by atomic mass is 10.0. The molecule has 1 atom stereocenters. The van der Waals surface area contributed by atoms with Crippen LogP contribution in [0.4, 0.5) is 11.4 Å². The highest BCUT2D eigenvalue weighted by Gasteiger charge is 2.32. The van der Waals surface area contributed by atoms with Crippen LogP contribution in [0.25, 0.3) is 0 Å². The zero-order valence-electron chi connectivity index (χ0n) is 18.5. The highest BCUT2D eigenvalue weighted by molar-refractivity contribution is 7.92. The van der Waals surface area contributed by atoms with Gasteiger partial charge in [-0.1, -0.05) is 18.2 Å². The number of hydrogen-bond acceptors (Lipinski definition) is 7. The molecule has 0 spiro atoms. The van der Waals surface area contributed by atoms with Gasteiger partial charge >= 0.3 is 5.97 Å². The summed E-state index contributed by atoms with van der Waals surface area (Å²) in [5.74, 6) is 0.125. The lowest BCUT2D eigenvalue weighted by Gasteiger charge is -2.13. The maximum Gasteiger partial charge on any atom is 0.339 e. The smallest absolute Gasteiger partial charge is 0.339 e. The third-order valence-electron chi connectivity index (χ3n) is 5.60. The van der Waals surface area contributed by atoms with Gasteiger partial charge < -0.3 is 19.5 Å². The normalized spacial score (nSPS) is 16.6. The van der Waals surface area contributed by atoms with Crippen molar-refractivity contribution in [3.8, 4) is 11.5 Å². The second kappa shape index (κ2) is 9.30. The highest BCUT2D eigenvalue weighted by Crippen LogP contribution is 2.34. The van der Waals surface area contributed by atoms with E-state index in [0.717, 1.165) is 6.42 Å². The van der Waals surface area contributed by atoms with Gasteiger partial charge in [-0.05, 0) is 42.5 Å². The van der Waals surface area contributed by atoms with Gasteiger partial charge in [0, 0.05) is 29.4 Å². The van der Waals surface area contributed by atoms with E-state index in [1.807, 2.05) is 0 Å². The molecule has 0 aliphatic carbocycles. The standard InChI is InChI=1S/C25H22N2O7S/c28-24(15-22-19-4-1-2-5-20(19)25(29)34-22)26-16-6-8-17(9-7-16)27-35(30,31)18-10-11-21-23(14-18)33-13-3-12-32-21/h1-2,4-11,14,22,27H,3,12-13,15H2,(H,26,28). The van der Waals surface area contributed by atoms with Crippen LogP contribution in [0.5, 0.6) is 11.5 Å². The molecule has 10 heteroatoms. The van der Waals surface area contributed by atoms with Crippen LogP contribution in [0, 0.1) is 0 Å². The Morgan fingerprint density at radius 3 is 2.43 bits per heavy atom. The number of ether oxygens (including phenoxy) is 3. The molecule has 2 aliphatic rings. The van der Waals surface area contributed by atoms with Gasteiger partial charge in [-0.25, -0.2) is 13.2 Å². The molecule has 0 saturated carbocycles. The van der Waals surface area contributed by atoms with E-state index in [1.165, 1.54) is 12.1 Å². The van der Waals surface area contributed by atoms with E-state index in [4.69, 9.17) is 14.2 Å². The molecule has 0 bridgehead atoms. The molecule has 2 heterocycles. The van der Waals surface area contributed by atoms with Crippen LogP contribution in [-0.2, 0) is 19.6 Å². The zero-order valence-corrected chi connectivity index (χ0v) is 19.3. The topological polar surface area (TPSA) is 120 Å². The molecule has 3 aromatic carbocycles. The number of benzene rings is 3. The fraction of sp³-hybridized carbons (Fsp3) is 0.200. The number of anilines is 2. The first-order valence-corrected chi connectivity index (χ1v) is 12.5. The molecule has 0 radical (unpaired) electrons. The number of sulfonamides is 1. The van der Waals surface area contributed by atoms with Gasteiger partial charge in [0.2, 0.25) is 5.91 Å². The van der Waals surface area contributed by atoms with Crippen LogP contribution in [-0.4, -0.2) is 33.5 Å². The summed E-state index contributed by atoms with van der Waals surface area (Å²) in [6.45, 7) is 0.964. The van der Waals surface area contributed by atoms with Gasteiger partial charge in [0.05, 0.1) is 30.1 Å². The molecule has 3 aromatic rings. The Morgan fingerprint density at radius 2 is 1.63 bits per heavy atom. The minimum atomic E-state index is -3.87. The van der Waals surface area contributed by atoms with Crippen molar-refractivity contribution in [3.05, 3.63) is 77.9 Å². The fourth-order valence-electron chi connectivity index (χ4n) is 3.90. The molecule has 0 fully saturated rings. The van der Waals surface area contributed by atoms with Gasteiger partial charge in [-0.2, -0.15) is 0 Å². The first-order valence-electron chi connectivity index (χ1n) is 11.0. The first kappa shape index (κ1) is 22.7. The van der Waals surface area contributed by atoms with E-state index >= 15 is 0 Å². The Hall–Kier alpha value is -4.05. The van der Waals surface area contributed by atoms with Gasteiger partial charge in [0.25, 0.3) is 10.0 Å². The van der Waals surface area contributed by atoms with Gasteiger partial charge in [0.1, 0.15) is 6.10 Å². The van der Waals surface area contributed by atoms with Crippen molar-refractivity contribution in [3.63, 3.8) is 0 Å². The molecular formula is C25H22N2O7S. The number of fused-ring (bicyclic) bond motifs is 2. The second-order valence-corrected chi connectivity index (χ2v) is 9.76. The van der Waals surface area contributed by atoms with Gasteiger partial charge in [-0.3, -0.25) is 9.52 Å². The lowest BCUT2D eigenvalue weighted by molar-refractivity contribution is -0.118. The van der Waals surface area contributed by atoms with Crippen LogP contribution in [0.15, 0.2) is 71.6 Å². The Balaban J connectivity index is 1.22. The highest BCUT2D eigenvalue weighted by atomic mass is 32.2. The van der Waals surface area contributed by atoms with E-state index in [1.54, 1.807) is 54.6 Å². The molecule has 2 N–H and O–H groups in total. The van der Waals surface area contributed by atoms with Crippen LogP contribution in [0.1, 0.15) is 34.9 Å². The van der Waals surface area contributed by atoms with Crippen LogP contribution in [0.3, 0.4) is 0 Å². The Morgan fingerprint density at radius 1 is 0.914 bits per heavy atom. The third-order valence-corrected chi connectivity index (χ3v) is 6.98. The second-order valence-electron chi connectivity index (χ2n) is 8.08. The van der Waals surface area contributed by atoms with E-state index in [2.05, 4.69) is 10.0 Å². The van der Waals surface area contributed by atoms with Crippen molar-refractivity contribution in [1.82, 2.24) is 0 Å². The minimum Gasteiger partial charge on any atom is -0.490 e. The largest absolute Gasteiger partial charge is 0.490 e. The Labute approximate surface area is 202 Å². The molecule has 1 unspecified atom stereocenters. The zero-order chi connectivity index (χ0) is 24.4. The average Bonchev–Trinajstić information content (AvgIpc) is 3.00. The fourth-order valence-corrected chi connectivity index (χ4v) is 4.97. The summed E-state index contributed by atoms with van der Waals surface area (Å²) in [5, 5.41) is 2.74. The summed E-state index contributed by atoms with van der Waals surface area (Å²) >= 11 is 0. The lowest BCUT2D eigenvalue weighted by Crippen LogP contribution is -2.16. The Bertz CT molecular complexity index is 1390. The number of rotatable bonds is 6. The number of hydrogen-bond donors (Lipinski definition) is 2. The predicted molar refractivity (Wildman–Crippen MR) is 127 cm³/mol. The summed E-state index contributed by atoms with van der Waals surface area (Å²) in [6, 6.07) is 17.7. The number of carbonyl (C=O) groups excluding carboxylic acids is 2. The van der Waals surface area contributed by atoms with Gasteiger partial charge in [-0.15, -0.1) is 0 Å². The Kier molecular flexibility index (Phi) is 6.04. The minimum absolute atomic E-state index is 0.0265. The SMILES string of the molecule is O=C(CC1OC(=O)c2ccccc21)Nc1ccc(NS(=O)(=O)c2ccc3c(c2)OCCCO3)cc1. The molecule has 5 rings (SSSR count). The maximum absolute atomic E-state index is 12.8. The molecule has 1 amide bonds. The van der Waals surface area contributed by atoms with E-state index in [9.17, 15) is 18.0 Å². The number of carbonyl (C=O) groups is 2. The first-order chi connectivity index (χ1) is 16.9. The quantitative estimate of drug-likeness (QED) is 0.499.